The van der Waals surface area contributed by atoms with Crippen molar-refractivity contribution in [2.45, 2.75) is 6.54 Å². The van der Waals surface area contributed by atoms with Crippen LogP contribution in [0.1, 0.15) is 5.56 Å². The number of nitrogens with zero attached hydrogens (tertiary/aromatic N) is 1. The first-order valence-electron chi connectivity index (χ1n) is 6.02. The normalized spacial score (nSPS) is 10.3. The monoisotopic (exact) mass is 276 g/mol. The standard InChI is InChI=1S/C15H17ClN2O/c1-18(13-4-3-5-14(9-13)19-2)15-8-12(16)7-6-11(15)10-17/h3-9H,10,17H2,1-2H3. The van der Waals surface area contributed by atoms with Crippen LogP contribution >= 0.6 is 11.6 Å². The van der Waals surface area contributed by atoms with Gasteiger partial charge in [0.1, 0.15) is 5.75 Å². The van der Waals surface area contributed by atoms with E-state index in [2.05, 4.69) is 4.90 Å². The maximum Gasteiger partial charge on any atom is 0.120 e. The van der Waals surface area contributed by atoms with Crippen molar-refractivity contribution in [2.75, 3.05) is 19.1 Å². The van der Waals surface area contributed by atoms with Gasteiger partial charge in [0.05, 0.1) is 7.11 Å². The van der Waals surface area contributed by atoms with Gasteiger partial charge >= 0.3 is 0 Å². The molecule has 0 fully saturated rings. The summed E-state index contributed by atoms with van der Waals surface area (Å²) in [5.41, 5.74) is 8.86. The van der Waals surface area contributed by atoms with Crippen LogP contribution in [0, 0.1) is 0 Å². The number of rotatable bonds is 4. The lowest BCUT2D eigenvalue weighted by molar-refractivity contribution is 0.415. The molecule has 0 aliphatic heterocycles. The van der Waals surface area contributed by atoms with E-state index in [4.69, 9.17) is 22.1 Å². The summed E-state index contributed by atoms with van der Waals surface area (Å²) in [6.07, 6.45) is 0. The summed E-state index contributed by atoms with van der Waals surface area (Å²) in [5, 5.41) is 0.696. The van der Waals surface area contributed by atoms with E-state index in [9.17, 15) is 0 Å². The zero-order valence-corrected chi connectivity index (χ0v) is 11.8. The van der Waals surface area contributed by atoms with E-state index in [0.29, 0.717) is 11.6 Å². The molecular formula is C15H17ClN2O. The lowest BCUT2D eigenvalue weighted by Gasteiger charge is -2.23. The van der Waals surface area contributed by atoms with E-state index in [1.807, 2.05) is 49.5 Å². The summed E-state index contributed by atoms with van der Waals surface area (Å²) in [6.45, 7) is 0.473. The molecule has 0 radical (unpaired) electrons. The van der Waals surface area contributed by atoms with Crippen LogP contribution in [0.5, 0.6) is 5.75 Å². The van der Waals surface area contributed by atoms with Gasteiger partial charge in [-0.05, 0) is 29.8 Å². The molecule has 2 N–H and O–H groups in total. The van der Waals surface area contributed by atoms with Crippen molar-refractivity contribution in [3.63, 3.8) is 0 Å². The van der Waals surface area contributed by atoms with Crippen LogP contribution in [0.4, 0.5) is 11.4 Å². The Hall–Kier alpha value is -1.71. The average molecular weight is 277 g/mol. The number of hydrogen-bond acceptors (Lipinski definition) is 3. The molecule has 0 aliphatic carbocycles. The molecule has 2 aromatic carbocycles. The van der Waals surface area contributed by atoms with Crippen molar-refractivity contribution in [3.05, 3.63) is 53.1 Å². The van der Waals surface area contributed by atoms with Crippen LogP contribution in [-0.2, 0) is 6.54 Å². The molecule has 0 spiro atoms. The third kappa shape index (κ3) is 3.00. The molecule has 100 valence electrons. The molecule has 0 saturated carbocycles. The first-order chi connectivity index (χ1) is 9.15. The highest BCUT2D eigenvalue weighted by atomic mass is 35.5. The zero-order chi connectivity index (χ0) is 13.8. The van der Waals surface area contributed by atoms with Gasteiger partial charge in [-0.1, -0.05) is 23.7 Å². The summed E-state index contributed by atoms with van der Waals surface area (Å²) >= 11 is 6.07. The molecule has 4 heteroatoms. The van der Waals surface area contributed by atoms with Crippen LogP contribution < -0.4 is 15.4 Å². The summed E-state index contributed by atoms with van der Waals surface area (Å²) < 4.78 is 5.24. The molecule has 0 saturated heterocycles. The van der Waals surface area contributed by atoms with Gasteiger partial charge in [0, 0.05) is 36.1 Å². The van der Waals surface area contributed by atoms with E-state index in [1.54, 1.807) is 7.11 Å². The van der Waals surface area contributed by atoms with Gasteiger partial charge in [-0.15, -0.1) is 0 Å². The van der Waals surface area contributed by atoms with Crippen molar-refractivity contribution < 1.29 is 4.74 Å². The highest BCUT2D eigenvalue weighted by molar-refractivity contribution is 6.30. The minimum absolute atomic E-state index is 0.473. The summed E-state index contributed by atoms with van der Waals surface area (Å²) in [7, 11) is 3.64. The molecule has 0 heterocycles. The van der Waals surface area contributed by atoms with Gasteiger partial charge in [-0.3, -0.25) is 0 Å². The molecule has 0 aromatic heterocycles. The quantitative estimate of drug-likeness (QED) is 0.928. The van der Waals surface area contributed by atoms with Crippen LogP contribution in [0.3, 0.4) is 0 Å². The summed E-state index contributed by atoms with van der Waals surface area (Å²) in [4.78, 5) is 2.05. The fourth-order valence-corrected chi connectivity index (χ4v) is 2.15. The highest BCUT2D eigenvalue weighted by Crippen LogP contribution is 2.31. The van der Waals surface area contributed by atoms with Crippen molar-refractivity contribution in [2.24, 2.45) is 5.73 Å². The lowest BCUT2D eigenvalue weighted by atomic mass is 10.1. The van der Waals surface area contributed by atoms with Gasteiger partial charge in [0.2, 0.25) is 0 Å². The van der Waals surface area contributed by atoms with Crippen molar-refractivity contribution in [1.82, 2.24) is 0 Å². The smallest absolute Gasteiger partial charge is 0.120 e. The lowest BCUT2D eigenvalue weighted by Crippen LogP contribution is -2.13. The molecule has 2 rings (SSSR count). The molecule has 0 aliphatic rings. The van der Waals surface area contributed by atoms with E-state index in [-0.39, 0.29) is 0 Å². The molecule has 2 aromatic rings. The predicted octanol–water partition coefficient (Wildman–Crippen LogP) is 3.58. The predicted molar refractivity (Wildman–Crippen MR) is 80.4 cm³/mol. The van der Waals surface area contributed by atoms with E-state index < -0.39 is 0 Å². The average Bonchev–Trinajstić information content (AvgIpc) is 2.46. The van der Waals surface area contributed by atoms with Crippen molar-refractivity contribution in [3.8, 4) is 5.75 Å². The Bertz CT molecular complexity index is 572. The second-order valence-electron chi connectivity index (χ2n) is 4.24. The van der Waals surface area contributed by atoms with E-state index in [1.165, 1.54) is 0 Å². The minimum atomic E-state index is 0.473. The van der Waals surface area contributed by atoms with Crippen LogP contribution in [-0.4, -0.2) is 14.2 Å². The van der Waals surface area contributed by atoms with Crippen LogP contribution in [0.2, 0.25) is 5.02 Å². The number of benzene rings is 2. The van der Waals surface area contributed by atoms with Crippen molar-refractivity contribution in [1.29, 1.82) is 0 Å². The number of nitrogens with two attached hydrogens (primary N) is 1. The molecule has 0 amide bonds. The Labute approximate surface area is 118 Å². The molecule has 19 heavy (non-hydrogen) atoms. The number of halogens is 1. The second kappa shape index (κ2) is 5.95. The summed E-state index contributed by atoms with van der Waals surface area (Å²) in [5.74, 6) is 0.820. The Morgan fingerprint density at radius 2 is 2.00 bits per heavy atom. The van der Waals surface area contributed by atoms with Crippen LogP contribution in [0.15, 0.2) is 42.5 Å². The molecular weight excluding hydrogens is 260 g/mol. The van der Waals surface area contributed by atoms with Crippen molar-refractivity contribution >= 4 is 23.0 Å². The molecule has 0 atom stereocenters. The second-order valence-corrected chi connectivity index (χ2v) is 4.67. The molecule has 0 unspecified atom stereocenters. The number of anilines is 2. The third-order valence-electron chi connectivity index (χ3n) is 3.07. The van der Waals surface area contributed by atoms with Gasteiger partial charge in [-0.2, -0.15) is 0 Å². The first kappa shape index (κ1) is 13.7. The van der Waals surface area contributed by atoms with Crippen LogP contribution in [0.25, 0.3) is 0 Å². The summed E-state index contributed by atoms with van der Waals surface area (Å²) in [6, 6.07) is 13.6. The highest BCUT2D eigenvalue weighted by Gasteiger charge is 2.10. The number of hydrogen-bond donors (Lipinski definition) is 1. The Morgan fingerprint density at radius 1 is 1.21 bits per heavy atom. The number of methoxy groups -OCH3 is 1. The zero-order valence-electron chi connectivity index (χ0n) is 11.1. The van der Waals surface area contributed by atoms with Gasteiger partial charge < -0.3 is 15.4 Å². The number of ether oxygens (including phenoxy) is 1. The maximum atomic E-state index is 6.07. The molecule has 3 nitrogen and oxygen atoms in total. The van der Waals surface area contributed by atoms with E-state index in [0.717, 1.165) is 22.7 Å². The maximum absolute atomic E-state index is 6.07. The molecule has 0 bridgehead atoms. The van der Waals surface area contributed by atoms with Gasteiger partial charge in [-0.25, -0.2) is 0 Å². The minimum Gasteiger partial charge on any atom is -0.497 e. The topological polar surface area (TPSA) is 38.5 Å². The van der Waals surface area contributed by atoms with E-state index >= 15 is 0 Å². The van der Waals surface area contributed by atoms with Gasteiger partial charge in [0.25, 0.3) is 0 Å². The third-order valence-corrected chi connectivity index (χ3v) is 3.30. The van der Waals surface area contributed by atoms with Gasteiger partial charge in [0.15, 0.2) is 0 Å². The Morgan fingerprint density at radius 3 is 2.68 bits per heavy atom. The first-order valence-corrected chi connectivity index (χ1v) is 6.39. The SMILES string of the molecule is COc1cccc(N(C)c2cc(Cl)ccc2CN)c1. The Kier molecular flexibility index (Phi) is 4.30. The fourth-order valence-electron chi connectivity index (χ4n) is 1.98. The largest absolute Gasteiger partial charge is 0.497 e. The Balaban J connectivity index is 2.42. The fraction of sp³-hybridized carbons (Fsp3) is 0.200.